The highest BCUT2D eigenvalue weighted by atomic mass is 16.5. The van der Waals surface area contributed by atoms with Gasteiger partial charge >= 0.3 is 5.63 Å². The number of nitrogens with zero attached hydrogens (tertiary/aromatic N) is 2. The summed E-state index contributed by atoms with van der Waals surface area (Å²) in [5, 5.41) is 0.937. The molecule has 1 unspecified atom stereocenters. The predicted molar refractivity (Wildman–Crippen MR) is 117 cm³/mol. The average Bonchev–Trinajstić information content (AvgIpc) is 2.70. The molecule has 6 heteroatoms. The zero-order valence-corrected chi connectivity index (χ0v) is 18.3. The second kappa shape index (κ2) is 8.80. The van der Waals surface area contributed by atoms with Crippen LogP contribution < -0.4 is 10.4 Å². The number of hydrogen-bond donors (Lipinski definition) is 0. The monoisotopic (exact) mass is 412 g/mol. The molecule has 2 fully saturated rings. The first kappa shape index (κ1) is 20.9. The van der Waals surface area contributed by atoms with Gasteiger partial charge in [-0.15, -0.1) is 0 Å². The minimum Gasteiger partial charge on any atom is -0.480 e. The third kappa shape index (κ3) is 4.10. The molecule has 2 aliphatic rings. The van der Waals surface area contributed by atoms with Crippen molar-refractivity contribution in [3.05, 3.63) is 39.7 Å². The smallest absolute Gasteiger partial charge is 0.336 e. The number of rotatable bonds is 6. The minimum atomic E-state index is -0.575. The van der Waals surface area contributed by atoms with Crippen molar-refractivity contribution in [2.75, 3.05) is 26.2 Å². The molecule has 2 aromatic rings. The highest BCUT2D eigenvalue weighted by Gasteiger charge is 2.37. The Morgan fingerprint density at radius 3 is 2.67 bits per heavy atom. The molecule has 0 bridgehead atoms. The molecule has 0 saturated carbocycles. The normalized spacial score (nSPS) is 19.0. The Bertz CT molecular complexity index is 971. The molecule has 0 N–H and O–H groups in total. The largest absolute Gasteiger partial charge is 0.480 e. The van der Waals surface area contributed by atoms with E-state index in [1.165, 1.54) is 19.3 Å². The molecule has 0 aliphatic carbocycles. The highest BCUT2D eigenvalue weighted by molar-refractivity contribution is 5.86. The second-order valence-corrected chi connectivity index (χ2v) is 8.66. The van der Waals surface area contributed by atoms with Crippen LogP contribution in [-0.2, 0) is 11.2 Å². The van der Waals surface area contributed by atoms with Crippen LogP contribution in [0.1, 0.15) is 50.7 Å². The molecule has 1 amide bonds. The summed E-state index contributed by atoms with van der Waals surface area (Å²) in [6.45, 7) is 9.65. The topological polar surface area (TPSA) is 63.0 Å². The number of aryl methyl sites for hydroxylation is 2. The fourth-order valence-electron chi connectivity index (χ4n) is 4.66. The van der Waals surface area contributed by atoms with Crippen molar-refractivity contribution >= 4 is 16.9 Å². The number of amides is 1. The van der Waals surface area contributed by atoms with Gasteiger partial charge in [0.25, 0.3) is 5.91 Å². The molecule has 0 radical (unpaired) electrons. The molecule has 30 heavy (non-hydrogen) atoms. The summed E-state index contributed by atoms with van der Waals surface area (Å²) in [5.74, 6) is 0.609. The summed E-state index contributed by atoms with van der Waals surface area (Å²) in [5.41, 5.74) is 1.96. The van der Waals surface area contributed by atoms with Crippen LogP contribution in [0.15, 0.2) is 27.4 Å². The van der Waals surface area contributed by atoms with Crippen LogP contribution in [0.3, 0.4) is 0 Å². The molecule has 6 nitrogen and oxygen atoms in total. The summed E-state index contributed by atoms with van der Waals surface area (Å²) in [4.78, 5) is 29.2. The number of hydrogen-bond acceptors (Lipinski definition) is 5. The molecule has 0 spiro atoms. The Hall–Kier alpha value is -2.34. The summed E-state index contributed by atoms with van der Waals surface area (Å²) in [7, 11) is 0. The van der Waals surface area contributed by atoms with Gasteiger partial charge in [-0.1, -0.05) is 19.8 Å². The summed E-state index contributed by atoms with van der Waals surface area (Å²) in [6, 6.07) is 5.88. The van der Waals surface area contributed by atoms with Crippen molar-refractivity contribution in [3.63, 3.8) is 0 Å². The zero-order chi connectivity index (χ0) is 21.3. The maximum atomic E-state index is 12.8. The third-order valence-electron chi connectivity index (χ3n) is 6.45. The van der Waals surface area contributed by atoms with Gasteiger partial charge in [-0.2, -0.15) is 0 Å². The van der Waals surface area contributed by atoms with Gasteiger partial charge in [0.15, 0.2) is 6.10 Å². The fourth-order valence-corrected chi connectivity index (χ4v) is 4.66. The van der Waals surface area contributed by atoms with E-state index in [1.807, 2.05) is 24.0 Å². The van der Waals surface area contributed by atoms with Gasteiger partial charge in [0, 0.05) is 36.1 Å². The summed E-state index contributed by atoms with van der Waals surface area (Å²) < 4.78 is 11.5. The van der Waals surface area contributed by atoms with E-state index in [0.717, 1.165) is 55.5 Å². The average molecular weight is 413 g/mol. The van der Waals surface area contributed by atoms with Crippen molar-refractivity contribution in [3.8, 4) is 5.75 Å². The number of carbonyl (C=O) groups is 1. The Balaban J connectivity index is 1.44. The van der Waals surface area contributed by atoms with E-state index in [-0.39, 0.29) is 11.5 Å². The van der Waals surface area contributed by atoms with Crippen molar-refractivity contribution in [2.45, 2.75) is 65.0 Å². The van der Waals surface area contributed by atoms with Gasteiger partial charge < -0.3 is 14.1 Å². The van der Waals surface area contributed by atoms with E-state index < -0.39 is 6.10 Å². The maximum absolute atomic E-state index is 12.8. The van der Waals surface area contributed by atoms with Gasteiger partial charge in [-0.05, 0) is 63.9 Å². The lowest BCUT2D eigenvalue weighted by atomic mass is 10.0. The van der Waals surface area contributed by atoms with E-state index in [9.17, 15) is 9.59 Å². The molecule has 1 aromatic carbocycles. The lowest BCUT2D eigenvalue weighted by molar-refractivity contribution is -0.145. The highest BCUT2D eigenvalue weighted by Crippen LogP contribution is 2.30. The van der Waals surface area contributed by atoms with Crippen molar-refractivity contribution in [1.29, 1.82) is 0 Å². The number of likely N-dealkylation sites (tertiary alicyclic amines) is 2. The Morgan fingerprint density at radius 1 is 1.23 bits per heavy atom. The first-order chi connectivity index (χ1) is 14.5. The van der Waals surface area contributed by atoms with Gasteiger partial charge in [0.05, 0.1) is 0 Å². The van der Waals surface area contributed by atoms with Crippen molar-refractivity contribution in [2.24, 2.45) is 0 Å². The molecule has 2 saturated heterocycles. The lowest BCUT2D eigenvalue weighted by Crippen LogP contribution is -2.63. The van der Waals surface area contributed by atoms with Crippen LogP contribution in [-0.4, -0.2) is 54.0 Å². The summed E-state index contributed by atoms with van der Waals surface area (Å²) in [6.07, 6.45) is 5.05. The molecule has 162 valence electrons. The van der Waals surface area contributed by atoms with Crippen molar-refractivity contribution in [1.82, 2.24) is 9.80 Å². The molecule has 2 aliphatic heterocycles. The standard InChI is InChI=1S/C24H32N2O4/c1-4-8-18-13-22(27)30-23-16(2)21(10-9-20(18)23)29-17(3)24(28)26-14-19(15-26)25-11-6-5-7-12-25/h9-10,13,17,19H,4-8,11-12,14-15H2,1-3H3. The quantitative estimate of drug-likeness (QED) is 0.680. The predicted octanol–water partition coefficient (Wildman–Crippen LogP) is 3.52. The molecule has 4 rings (SSSR count). The number of fused-ring (bicyclic) bond motifs is 1. The Kier molecular flexibility index (Phi) is 6.14. The van der Waals surface area contributed by atoms with Gasteiger partial charge in [-0.25, -0.2) is 4.79 Å². The zero-order valence-electron chi connectivity index (χ0n) is 18.3. The molecule has 1 aromatic heterocycles. The Labute approximate surface area is 177 Å². The van der Waals surface area contributed by atoms with Crippen LogP contribution in [0, 0.1) is 6.92 Å². The summed E-state index contributed by atoms with van der Waals surface area (Å²) >= 11 is 0. The van der Waals surface area contributed by atoms with E-state index in [2.05, 4.69) is 11.8 Å². The van der Waals surface area contributed by atoms with Crippen LogP contribution >= 0.6 is 0 Å². The number of carbonyl (C=O) groups excluding carboxylic acids is 1. The number of ether oxygens (including phenoxy) is 1. The first-order valence-corrected chi connectivity index (χ1v) is 11.2. The molecule has 1 atom stereocenters. The first-order valence-electron chi connectivity index (χ1n) is 11.2. The number of piperidine rings is 1. The van der Waals surface area contributed by atoms with Gasteiger partial charge in [-0.3, -0.25) is 9.69 Å². The van der Waals surface area contributed by atoms with Crippen LogP contribution in [0.4, 0.5) is 0 Å². The van der Waals surface area contributed by atoms with Crippen LogP contribution in [0.5, 0.6) is 5.75 Å². The lowest BCUT2D eigenvalue weighted by Gasteiger charge is -2.47. The maximum Gasteiger partial charge on any atom is 0.336 e. The van der Waals surface area contributed by atoms with Crippen LogP contribution in [0.25, 0.3) is 11.0 Å². The molecular weight excluding hydrogens is 380 g/mol. The van der Waals surface area contributed by atoms with E-state index in [0.29, 0.717) is 17.4 Å². The fraction of sp³-hybridized carbons (Fsp3) is 0.583. The van der Waals surface area contributed by atoms with E-state index in [1.54, 1.807) is 13.0 Å². The Morgan fingerprint density at radius 2 is 1.97 bits per heavy atom. The van der Waals surface area contributed by atoms with Gasteiger partial charge in [0.2, 0.25) is 0 Å². The molecular formula is C24H32N2O4. The SMILES string of the molecule is CCCc1cc(=O)oc2c(C)c(OC(C)C(=O)N3CC(N4CCCCC4)C3)ccc12. The van der Waals surface area contributed by atoms with E-state index in [4.69, 9.17) is 9.15 Å². The molecule has 3 heterocycles. The second-order valence-electron chi connectivity index (χ2n) is 8.66. The number of benzene rings is 1. The third-order valence-corrected chi connectivity index (χ3v) is 6.45. The minimum absolute atomic E-state index is 0.0175. The van der Waals surface area contributed by atoms with E-state index >= 15 is 0 Å². The van der Waals surface area contributed by atoms with Gasteiger partial charge in [0.1, 0.15) is 11.3 Å². The van der Waals surface area contributed by atoms with Crippen molar-refractivity contribution < 1.29 is 13.9 Å². The van der Waals surface area contributed by atoms with Crippen LogP contribution in [0.2, 0.25) is 0 Å².